The topological polar surface area (TPSA) is 88.3 Å². The van der Waals surface area contributed by atoms with Gasteiger partial charge in [0.05, 0.1) is 11.8 Å². The van der Waals surface area contributed by atoms with Crippen molar-refractivity contribution in [2.45, 2.75) is 18.8 Å². The van der Waals surface area contributed by atoms with Crippen LogP contribution in [0.25, 0.3) is 11.4 Å². The molecular weight excluding hydrogens is 308 g/mol. The normalized spacial score (nSPS) is 21.2. The summed E-state index contributed by atoms with van der Waals surface area (Å²) in [6.07, 6.45) is 1.06. The van der Waals surface area contributed by atoms with Gasteiger partial charge in [0.2, 0.25) is 23.5 Å². The van der Waals surface area contributed by atoms with Gasteiger partial charge in [-0.1, -0.05) is 35.5 Å². The Labute approximate surface area is 139 Å². The molecule has 7 heteroatoms. The first-order valence-corrected chi connectivity index (χ1v) is 8.15. The lowest BCUT2D eigenvalue weighted by Crippen LogP contribution is -2.53. The number of rotatable bonds is 3. The van der Waals surface area contributed by atoms with E-state index in [0.29, 0.717) is 44.2 Å². The highest BCUT2D eigenvalue weighted by molar-refractivity contribution is 5.84. The summed E-state index contributed by atoms with van der Waals surface area (Å²) in [5.41, 5.74) is 0.915. The van der Waals surface area contributed by atoms with Crippen molar-refractivity contribution in [2.24, 2.45) is 5.92 Å². The van der Waals surface area contributed by atoms with Crippen LogP contribution in [-0.2, 0) is 9.59 Å². The van der Waals surface area contributed by atoms with Crippen molar-refractivity contribution in [2.75, 3.05) is 19.6 Å². The molecule has 1 aromatic heterocycles. The van der Waals surface area contributed by atoms with Gasteiger partial charge in [0.25, 0.3) is 0 Å². The van der Waals surface area contributed by atoms with E-state index in [1.165, 1.54) is 0 Å². The van der Waals surface area contributed by atoms with Crippen molar-refractivity contribution in [3.05, 3.63) is 36.2 Å². The molecule has 2 aliphatic rings. The average molecular weight is 326 g/mol. The highest BCUT2D eigenvalue weighted by Gasteiger charge is 2.39. The highest BCUT2D eigenvalue weighted by Crippen LogP contribution is 2.29. The summed E-state index contributed by atoms with van der Waals surface area (Å²) >= 11 is 0. The van der Waals surface area contributed by atoms with Crippen LogP contribution in [0.15, 0.2) is 34.9 Å². The Morgan fingerprint density at radius 2 is 2.04 bits per heavy atom. The number of carbonyl (C=O) groups is 2. The molecule has 3 heterocycles. The lowest BCUT2D eigenvalue weighted by molar-refractivity contribution is -0.142. The third kappa shape index (κ3) is 2.77. The summed E-state index contributed by atoms with van der Waals surface area (Å²) in [7, 11) is 0. The van der Waals surface area contributed by atoms with Crippen LogP contribution in [0, 0.1) is 5.92 Å². The predicted molar refractivity (Wildman–Crippen MR) is 84.8 cm³/mol. The number of nitrogens with one attached hydrogen (secondary N) is 1. The molecule has 2 fully saturated rings. The van der Waals surface area contributed by atoms with E-state index in [0.717, 1.165) is 5.56 Å². The van der Waals surface area contributed by atoms with Crippen molar-refractivity contribution in [1.29, 1.82) is 0 Å². The van der Waals surface area contributed by atoms with Crippen LogP contribution in [-0.4, -0.2) is 46.5 Å². The quantitative estimate of drug-likeness (QED) is 0.915. The van der Waals surface area contributed by atoms with Crippen molar-refractivity contribution < 1.29 is 14.1 Å². The van der Waals surface area contributed by atoms with Crippen LogP contribution >= 0.6 is 0 Å². The fourth-order valence-corrected chi connectivity index (χ4v) is 3.12. The van der Waals surface area contributed by atoms with E-state index in [9.17, 15) is 9.59 Å². The van der Waals surface area contributed by atoms with Crippen molar-refractivity contribution in [1.82, 2.24) is 20.4 Å². The maximum Gasteiger partial charge on any atom is 0.233 e. The average Bonchev–Trinajstić information content (AvgIpc) is 3.04. The van der Waals surface area contributed by atoms with E-state index >= 15 is 0 Å². The second-order valence-electron chi connectivity index (χ2n) is 6.30. The van der Waals surface area contributed by atoms with Crippen molar-refractivity contribution in [3.8, 4) is 11.4 Å². The fourth-order valence-electron chi connectivity index (χ4n) is 3.12. The zero-order chi connectivity index (χ0) is 16.5. The van der Waals surface area contributed by atoms with Gasteiger partial charge < -0.3 is 14.7 Å². The molecule has 1 aromatic carbocycles. The van der Waals surface area contributed by atoms with Crippen LogP contribution in [0.2, 0.25) is 0 Å². The third-order valence-electron chi connectivity index (χ3n) is 4.63. The number of likely N-dealkylation sites (tertiary alicyclic amines) is 1. The van der Waals surface area contributed by atoms with Gasteiger partial charge in [-0.15, -0.1) is 0 Å². The molecule has 0 spiro atoms. The molecule has 1 unspecified atom stereocenters. The highest BCUT2D eigenvalue weighted by atomic mass is 16.5. The zero-order valence-corrected chi connectivity index (χ0v) is 13.1. The minimum Gasteiger partial charge on any atom is -0.355 e. The van der Waals surface area contributed by atoms with Gasteiger partial charge in [-0.3, -0.25) is 9.59 Å². The van der Waals surface area contributed by atoms with Gasteiger partial charge in [0.15, 0.2) is 0 Å². The molecule has 0 bridgehead atoms. The van der Waals surface area contributed by atoms with Gasteiger partial charge in [-0.05, 0) is 6.42 Å². The molecule has 2 amide bonds. The summed E-state index contributed by atoms with van der Waals surface area (Å²) in [5.74, 6) is 1.28. The van der Waals surface area contributed by atoms with Gasteiger partial charge in [-0.2, -0.15) is 4.98 Å². The molecule has 1 atom stereocenters. The van der Waals surface area contributed by atoms with E-state index in [1.807, 2.05) is 30.3 Å². The first-order valence-electron chi connectivity index (χ1n) is 8.15. The maximum atomic E-state index is 12.4. The molecule has 0 radical (unpaired) electrons. The third-order valence-corrected chi connectivity index (χ3v) is 4.63. The molecule has 0 aliphatic carbocycles. The number of hydrogen-bond donors (Lipinski definition) is 1. The largest absolute Gasteiger partial charge is 0.355 e. The van der Waals surface area contributed by atoms with E-state index < -0.39 is 0 Å². The monoisotopic (exact) mass is 326 g/mol. The number of aromatic nitrogens is 2. The number of hydrogen-bond acceptors (Lipinski definition) is 5. The molecule has 24 heavy (non-hydrogen) atoms. The Morgan fingerprint density at radius 3 is 2.75 bits per heavy atom. The molecule has 4 rings (SSSR count). The SMILES string of the molecule is O=C1CCC(C(=O)N2CC(c3nc(-c4ccccc4)no3)C2)CN1. The summed E-state index contributed by atoms with van der Waals surface area (Å²) < 4.78 is 5.35. The van der Waals surface area contributed by atoms with Crippen LogP contribution < -0.4 is 5.32 Å². The van der Waals surface area contributed by atoms with E-state index in [4.69, 9.17) is 4.52 Å². The van der Waals surface area contributed by atoms with Gasteiger partial charge in [0, 0.05) is 31.6 Å². The summed E-state index contributed by atoms with van der Waals surface area (Å²) in [6, 6.07) is 9.66. The van der Waals surface area contributed by atoms with E-state index in [1.54, 1.807) is 4.90 Å². The summed E-state index contributed by atoms with van der Waals surface area (Å²) in [6.45, 7) is 1.64. The number of nitrogens with zero attached hydrogens (tertiary/aromatic N) is 3. The van der Waals surface area contributed by atoms with Crippen LogP contribution in [0.3, 0.4) is 0 Å². The van der Waals surface area contributed by atoms with Gasteiger partial charge in [-0.25, -0.2) is 0 Å². The summed E-state index contributed by atoms with van der Waals surface area (Å²) in [4.78, 5) is 29.8. The molecule has 2 saturated heterocycles. The standard InChI is InChI=1S/C17H18N4O3/c22-14-7-6-12(8-18-14)17(23)21-9-13(10-21)16-19-15(20-24-16)11-4-2-1-3-5-11/h1-5,12-13H,6-10H2,(H,18,22). The van der Waals surface area contributed by atoms with Crippen molar-refractivity contribution in [3.63, 3.8) is 0 Å². The van der Waals surface area contributed by atoms with Gasteiger partial charge >= 0.3 is 0 Å². The molecule has 7 nitrogen and oxygen atoms in total. The Kier molecular flexibility index (Phi) is 3.76. The minimum absolute atomic E-state index is 0.0276. The van der Waals surface area contributed by atoms with Crippen LogP contribution in [0.4, 0.5) is 0 Å². The molecule has 0 saturated carbocycles. The number of piperidine rings is 1. The lowest BCUT2D eigenvalue weighted by Gasteiger charge is -2.39. The minimum atomic E-state index is -0.105. The Morgan fingerprint density at radius 1 is 1.25 bits per heavy atom. The second kappa shape index (κ2) is 6.07. The lowest BCUT2D eigenvalue weighted by atomic mass is 9.93. The molecule has 1 N–H and O–H groups in total. The van der Waals surface area contributed by atoms with E-state index in [-0.39, 0.29) is 23.7 Å². The molecule has 2 aliphatic heterocycles. The molecule has 124 valence electrons. The Hall–Kier alpha value is -2.70. The fraction of sp³-hybridized carbons (Fsp3) is 0.412. The Bertz CT molecular complexity index is 742. The smallest absolute Gasteiger partial charge is 0.233 e. The molecular formula is C17H18N4O3. The van der Waals surface area contributed by atoms with Gasteiger partial charge in [0.1, 0.15) is 0 Å². The number of benzene rings is 1. The zero-order valence-electron chi connectivity index (χ0n) is 13.1. The van der Waals surface area contributed by atoms with Crippen LogP contribution in [0.5, 0.6) is 0 Å². The predicted octanol–water partition coefficient (Wildman–Crippen LogP) is 1.19. The first-order chi connectivity index (χ1) is 11.7. The van der Waals surface area contributed by atoms with Crippen LogP contribution in [0.1, 0.15) is 24.7 Å². The number of amides is 2. The Balaban J connectivity index is 1.35. The van der Waals surface area contributed by atoms with E-state index in [2.05, 4.69) is 15.5 Å². The summed E-state index contributed by atoms with van der Waals surface area (Å²) in [5, 5.41) is 6.77. The second-order valence-corrected chi connectivity index (χ2v) is 6.30. The first kappa shape index (κ1) is 14.9. The molecule has 2 aromatic rings. The van der Waals surface area contributed by atoms with Crippen molar-refractivity contribution >= 4 is 11.8 Å². The number of carbonyl (C=O) groups excluding carboxylic acids is 2. The maximum absolute atomic E-state index is 12.4.